The molecular weight excluding hydrogens is 338 g/mol. The zero-order chi connectivity index (χ0) is 19.1. The molecule has 1 aromatic heterocycles. The van der Waals surface area contributed by atoms with Gasteiger partial charge in [0.2, 0.25) is 0 Å². The van der Waals surface area contributed by atoms with E-state index in [4.69, 9.17) is 4.74 Å². The average Bonchev–Trinajstić information content (AvgIpc) is 2.74. The average molecular weight is 361 g/mol. The number of methoxy groups -OCH3 is 1. The largest absolute Gasteiger partial charge is 0.496 e. The SMILES string of the molecule is COc1ccccc1CCNc1ccnc(C(=O)N(C)c2ccccc2)c1. The number of hydrogen-bond donors (Lipinski definition) is 1. The van der Waals surface area contributed by atoms with E-state index in [1.165, 1.54) is 0 Å². The summed E-state index contributed by atoms with van der Waals surface area (Å²) in [5.41, 5.74) is 3.24. The van der Waals surface area contributed by atoms with E-state index in [1.54, 1.807) is 31.3 Å². The molecule has 0 aliphatic carbocycles. The van der Waals surface area contributed by atoms with Crippen molar-refractivity contribution in [2.75, 3.05) is 30.9 Å². The highest BCUT2D eigenvalue weighted by Crippen LogP contribution is 2.19. The molecule has 0 unspecified atom stereocenters. The van der Waals surface area contributed by atoms with Gasteiger partial charge < -0.3 is 15.0 Å². The quantitative estimate of drug-likeness (QED) is 0.690. The Balaban J connectivity index is 1.64. The molecule has 0 bridgehead atoms. The molecule has 0 spiro atoms. The first-order valence-electron chi connectivity index (χ1n) is 8.84. The van der Waals surface area contributed by atoms with Crippen LogP contribution in [0.25, 0.3) is 0 Å². The Labute approximate surface area is 159 Å². The predicted molar refractivity (Wildman–Crippen MR) is 109 cm³/mol. The first-order valence-corrected chi connectivity index (χ1v) is 8.84. The molecular formula is C22H23N3O2. The van der Waals surface area contributed by atoms with Gasteiger partial charge in [0.1, 0.15) is 11.4 Å². The summed E-state index contributed by atoms with van der Waals surface area (Å²) < 4.78 is 5.38. The van der Waals surface area contributed by atoms with Crippen LogP contribution in [0.1, 0.15) is 16.1 Å². The topological polar surface area (TPSA) is 54.5 Å². The van der Waals surface area contributed by atoms with Crippen molar-refractivity contribution in [2.45, 2.75) is 6.42 Å². The van der Waals surface area contributed by atoms with E-state index >= 15 is 0 Å². The number of aromatic nitrogens is 1. The fourth-order valence-electron chi connectivity index (χ4n) is 2.85. The number of benzene rings is 2. The highest BCUT2D eigenvalue weighted by Gasteiger charge is 2.15. The zero-order valence-electron chi connectivity index (χ0n) is 15.6. The highest BCUT2D eigenvalue weighted by molar-refractivity contribution is 6.04. The molecule has 3 aromatic rings. The van der Waals surface area contributed by atoms with Gasteiger partial charge in [-0.05, 0) is 42.3 Å². The second-order valence-corrected chi connectivity index (χ2v) is 6.12. The number of nitrogens with one attached hydrogen (secondary N) is 1. The van der Waals surface area contributed by atoms with E-state index in [9.17, 15) is 4.79 Å². The molecule has 1 heterocycles. The summed E-state index contributed by atoms with van der Waals surface area (Å²) >= 11 is 0. The van der Waals surface area contributed by atoms with Crippen molar-refractivity contribution in [3.05, 3.63) is 84.2 Å². The first-order chi connectivity index (χ1) is 13.2. The number of carbonyl (C=O) groups is 1. The first kappa shape index (κ1) is 18.5. The smallest absolute Gasteiger partial charge is 0.276 e. The fraction of sp³-hybridized carbons (Fsp3) is 0.182. The summed E-state index contributed by atoms with van der Waals surface area (Å²) in [6, 6.07) is 21.1. The summed E-state index contributed by atoms with van der Waals surface area (Å²) in [7, 11) is 3.43. The number of rotatable bonds is 7. The molecule has 5 nitrogen and oxygen atoms in total. The van der Waals surface area contributed by atoms with E-state index < -0.39 is 0 Å². The summed E-state index contributed by atoms with van der Waals surface area (Å²) in [6.45, 7) is 0.729. The van der Waals surface area contributed by atoms with Gasteiger partial charge in [-0.15, -0.1) is 0 Å². The van der Waals surface area contributed by atoms with Crippen LogP contribution in [0.5, 0.6) is 5.75 Å². The molecule has 27 heavy (non-hydrogen) atoms. The summed E-state index contributed by atoms with van der Waals surface area (Å²) in [4.78, 5) is 18.5. The Morgan fingerprint density at radius 2 is 1.81 bits per heavy atom. The minimum atomic E-state index is -0.144. The van der Waals surface area contributed by atoms with E-state index in [-0.39, 0.29) is 5.91 Å². The number of para-hydroxylation sites is 2. The molecule has 0 radical (unpaired) electrons. The van der Waals surface area contributed by atoms with Crippen molar-refractivity contribution in [1.82, 2.24) is 4.98 Å². The molecule has 0 atom stereocenters. The lowest BCUT2D eigenvalue weighted by molar-refractivity contribution is 0.0988. The molecule has 0 fully saturated rings. The third-order valence-electron chi connectivity index (χ3n) is 4.34. The van der Waals surface area contributed by atoms with E-state index in [2.05, 4.69) is 16.4 Å². The van der Waals surface area contributed by atoms with E-state index in [0.29, 0.717) is 5.69 Å². The molecule has 0 aliphatic rings. The van der Waals surface area contributed by atoms with Crippen LogP contribution in [0.4, 0.5) is 11.4 Å². The van der Waals surface area contributed by atoms with Gasteiger partial charge in [-0.3, -0.25) is 9.78 Å². The van der Waals surface area contributed by atoms with Crippen molar-refractivity contribution < 1.29 is 9.53 Å². The molecule has 1 N–H and O–H groups in total. The van der Waals surface area contributed by atoms with Crippen LogP contribution in [-0.2, 0) is 6.42 Å². The lowest BCUT2D eigenvalue weighted by Crippen LogP contribution is -2.27. The maximum atomic E-state index is 12.7. The van der Waals surface area contributed by atoms with Crippen LogP contribution in [0.15, 0.2) is 72.9 Å². The van der Waals surface area contributed by atoms with Crippen molar-refractivity contribution in [1.29, 1.82) is 0 Å². The Morgan fingerprint density at radius 1 is 1.07 bits per heavy atom. The molecule has 138 valence electrons. The van der Waals surface area contributed by atoms with Gasteiger partial charge in [-0.1, -0.05) is 36.4 Å². The second kappa shape index (κ2) is 8.85. The lowest BCUT2D eigenvalue weighted by atomic mass is 10.1. The van der Waals surface area contributed by atoms with Crippen LogP contribution in [-0.4, -0.2) is 31.6 Å². The number of nitrogens with zero attached hydrogens (tertiary/aromatic N) is 2. The van der Waals surface area contributed by atoms with E-state index in [1.807, 2.05) is 54.6 Å². The number of anilines is 2. The van der Waals surface area contributed by atoms with Gasteiger partial charge >= 0.3 is 0 Å². The number of ether oxygens (including phenoxy) is 1. The molecule has 5 heteroatoms. The van der Waals surface area contributed by atoms with Gasteiger partial charge in [0.05, 0.1) is 7.11 Å². The molecule has 1 amide bonds. The molecule has 0 saturated heterocycles. The predicted octanol–water partition coefficient (Wildman–Crippen LogP) is 4.02. The van der Waals surface area contributed by atoms with Crippen LogP contribution >= 0.6 is 0 Å². The van der Waals surface area contributed by atoms with E-state index in [0.717, 1.165) is 35.7 Å². The van der Waals surface area contributed by atoms with Crippen LogP contribution in [0.2, 0.25) is 0 Å². The Morgan fingerprint density at radius 3 is 2.59 bits per heavy atom. The van der Waals surface area contributed by atoms with Crippen LogP contribution < -0.4 is 15.0 Å². The van der Waals surface area contributed by atoms with Crippen molar-refractivity contribution in [3.63, 3.8) is 0 Å². The number of pyridine rings is 1. The van der Waals surface area contributed by atoms with Crippen LogP contribution in [0.3, 0.4) is 0 Å². The standard InChI is InChI=1S/C22H23N3O2/c1-25(19-9-4-3-5-10-19)22(26)20-16-18(13-15-24-20)23-14-12-17-8-6-7-11-21(17)27-2/h3-11,13,15-16H,12,14H2,1-2H3,(H,23,24). The maximum Gasteiger partial charge on any atom is 0.276 e. The van der Waals surface area contributed by atoms with Gasteiger partial charge in [0.15, 0.2) is 0 Å². The highest BCUT2D eigenvalue weighted by atomic mass is 16.5. The fourth-order valence-corrected chi connectivity index (χ4v) is 2.85. The third-order valence-corrected chi connectivity index (χ3v) is 4.34. The summed E-state index contributed by atoms with van der Waals surface area (Å²) in [5.74, 6) is 0.740. The minimum absolute atomic E-state index is 0.144. The number of amides is 1. The zero-order valence-corrected chi connectivity index (χ0v) is 15.6. The molecule has 3 rings (SSSR count). The maximum absolute atomic E-state index is 12.7. The van der Waals surface area contributed by atoms with Gasteiger partial charge in [-0.25, -0.2) is 0 Å². The monoisotopic (exact) mass is 361 g/mol. The number of carbonyl (C=O) groups excluding carboxylic acids is 1. The Bertz CT molecular complexity index is 897. The second-order valence-electron chi connectivity index (χ2n) is 6.12. The van der Waals surface area contributed by atoms with Gasteiger partial charge in [0.25, 0.3) is 5.91 Å². The normalized spacial score (nSPS) is 10.3. The summed E-state index contributed by atoms with van der Waals surface area (Å²) in [5, 5.41) is 3.35. The van der Waals surface area contributed by atoms with Gasteiger partial charge in [-0.2, -0.15) is 0 Å². The van der Waals surface area contributed by atoms with Gasteiger partial charge in [0, 0.05) is 31.2 Å². The number of hydrogen-bond acceptors (Lipinski definition) is 4. The summed E-state index contributed by atoms with van der Waals surface area (Å²) in [6.07, 6.45) is 2.47. The van der Waals surface area contributed by atoms with Crippen molar-refractivity contribution in [2.24, 2.45) is 0 Å². The minimum Gasteiger partial charge on any atom is -0.496 e. The van der Waals surface area contributed by atoms with Crippen molar-refractivity contribution in [3.8, 4) is 5.75 Å². The van der Waals surface area contributed by atoms with Crippen LogP contribution in [0, 0.1) is 0 Å². The molecule has 0 aliphatic heterocycles. The lowest BCUT2D eigenvalue weighted by Gasteiger charge is -2.17. The molecule has 2 aromatic carbocycles. The Hall–Kier alpha value is -3.34. The molecule has 0 saturated carbocycles. The van der Waals surface area contributed by atoms with Crippen molar-refractivity contribution >= 4 is 17.3 Å². The Kier molecular flexibility index (Phi) is 6.05. The third kappa shape index (κ3) is 4.64.